The van der Waals surface area contributed by atoms with E-state index in [0.29, 0.717) is 5.95 Å². The number of aromatic nitrogens is 4. The van der Waals surface area contributed by atoms with Crippen LogP contribution < -0.4 is 15.5 Å². The van der Waals surface area contributed by atoms with Crippen LogP contribution in [-0.2, 0) is 16.1 Å². The van der Waals surface area contributed by atoms with Gasteiger partial charge in [-0.15, -0.1) is 0 Å². The average molecular weight is 456 g/mol. The average Bonchev–Trinajstić information content (AvgIpc) is 3.39. The van der Waals surface area contributed by atoms with Gasteiger partial charge in [0.2, 0.25) is 11.9 Å². The van der Waals surface area contributed by atoms with Gasteiger partial charge in [-0.3, -0.25) is 4.79 Å². The fraction of sp³-hybridized carbons (Fsp3) is 0.200. The second-order valence-electron chi connectivity index (χ2n) is 7.90. The summed E-state index contributed by atoms with van der Waals surface area (Å²) in [5, 5.41) is 6.16. The predicted molar refractivity (Wildman–Crippen MR) is 131 cm³/mol. The molecule has 0 saturated carbocycles. The van der Waals surface area contributed by atoms with E-state index in [0.717, 1.165) is 48.9 Å². The van der Waals surface area contributed by atoms with Crippen LogP contribution >= 0.6 is 0 Å². The molecular weight excluding hydrogens is 430 g/mol. The van der Waals surface area contributed by atoms with Gasteiger partial charge < -0.3 is 24.8 Å². The fourth-order valence-electron chi connectivity index (χ4n) is 3.76. The van der Waals surface area contributed by atoms with Crippen molar-refractivity contribution in [1.29, 1.82) is 0 Å². The number of amides is 1. The van der Waals surface area contributed by atoms with Crippen molar-refractivity contribution in [1.82, 2.24) is 19.5 Å². The number of nitrogens with zero attached hydrogens (tertiary/aromatic N) is 5. The molecule has 172 valence electrons. The topological polar surface area (TPSA) is 97.2 Å². The Balaban J connectivity index is 1.21. The van der Waals surface area contributed by atoms with Crippen LogP contribution in [0.25, 0.3) is 11.3 Å². The third-order valence-electron chi connectivity index (χ3n) is 5.51. The Bertz CT molecular complexity index is 1220. The predicted octanol–water partition coefficient (Wildman–Crippen LogP) is 3.56. The van der Waals surface area contributed by atoms with Gasteiger partial charge in [0.1, 0.15) is 6.54 Å². The molecule has 1 fully saturated rings. The molecule has 5 rings (SSSR count). The number of rotatable bonds is 7. The molecule has 2 N–H and O–H groups in total. The zero-order chi connectivity index (χ0) is 23.2. The molecule has 0 unspecified atom stereocenters. The van der Waals surface area contributed by atoms with Gasteiger partial charge in [0, 0.05) is 54.3 Å². The number of hydrogen-bond acceptors (Lipinski definition) is 7. The Labute approximate surface area is 197 Å². The lowest BCUT2D eigenvalue weighted by Gasteiger charge is -2.28. The van der Waals surface area contributed by atoms with Crippen LogP contribution in [-0.4, -0.2) is 51.7 Å². The van der Waals surface area contributed by atoms with Crippen LogP contribution in [0.1, 0.15) is 0 Å². The van der Waals surface area contributed by atoms with Crippen molar-refractivity contribution < 1.29 is 9.53 Å². The lowest BCUT2D eigenvalue weighted by Crippen LogP contribution is -2.36. The van der Waals surface area contributed by atoms with Gasteiger partial charge in [-0.2, -0.15) is 0 Å². The van der Waals surface area contributed by atoms with E-state index in [1.165, 1.54) is 5.69 Å². The number of nitrogens with one attached hydrogen (secondary N) is 2. The molecule has 1 amide bonds. The number of benzene rings is 2. The lowest BCUT2D eigenvalue weighted by molar-refractivity contribution is -0.116. The highest BCUT2D eigenvalue weighted by atomic mass is 16.5. The van der Waals surface area contributed by atoms with Crippen LogP contribution in [0.4, 0.5) is 23.0 Å². The zero-order valence-corrected chi connectivity index (χ0v) is 18.6. The van der Waals surface area contributed by atoms with Gasteiger partial charge in [0.15, 0.2) is 0 Å². The van der Waals surface area contributed by atoms with Gasteiger partial charge in [-0.25, -0.2) is 15.0 Å². The largest absolute Gasteiger partial charge is 0.378 e. The van der Waals surface area contributed by atoms with Gasteiger partial charge in [-0.1, -0.05) is 12.1 Å². The highest BCUT2D eigenvalue weighted by Crippen LogP contribution is 2.23. The van der Waals surface area contributed by atoms with Crippen molar-refractivity contribution in [3.63, 3.8) is 0 Å². The summed E-state index contributed by atoms with van der Waals surface area (Å²) in [4.78, 5) is 27.4. The smallest absolute Gasteiger partial charge is 0.244 e. The number of morpholine rings is 1. The number of imidazole rings is 1. The molecule has 0 radical (unpaired) electrons. The van der Waals surface area contributed by atoms with Gasteiger partial charge >= 0.3 is 0 Å². The Morgan fingerprint density at radius 1 is 0.941 bits per heavy atom. The second kappa shape index (κ2) is 10.1. The fourth-order valence-corrected chi connectivity index (χ4v) is 3.76. The summed E-state index contributed by atoms with van der Waals surface area (Å²) in [7, 11) is 0. The van der Waals surface area contributed by atoms with Crippen LogP contribution in [0.15, 0.2) is 79.5 Å². The first-order chi connectivity index (χ1) is 16.7. The third kappa shape index (κ3) is 5.38. The maximum absolute atomic E-state index is 12.2. The first-order valence-electron chi connectivity index (χ1n) is 11.1. The molecule has 34 heavy (non-hydrogen) atoms. The Morgan fingerprint density at radius 3 is 2.44 bits per heavy atom. The molecule has 2 aromatic carbocycles. The minimum atomic E-state index is -0.112. The molecular formula is C25H25N7O2. The molecule has 3 heterocycles. The molecule has 4 aromatic rings. The highest BCUT2D eigenvalue weighted by Gasteiger charge is 2.11. The molecule has 0 bridgehead atoms. The van der Waals surface area contributed by atoms with Crippen LogP contribution in [0.2, 0.25) is 0 Å². The Hall–Kier alpha value is -4.24. The van der Waals surface area contributed by atoms with Gasteiger partial charge in [0.05, 0.1) is 25.2 Å². The van der Waals surface area contributed by atoms with Crippen molar-refractivity contribution in [2.45, 2.75) is 6.54 Å². The molecule has 9 nitrogen and oxygen atoms in total. The van der Waals surface area contributed by atoms with E-state index in [9.17, 15) is 4.79 Å². The quantitative estimate of drug-likeness (QED) is 0.440. The number of hydrogen-bond donors (Lipinski definition) is 2. The van der Waals surface area contributed by atoms with Crippen LogP contribution in [0.5, 0.6) is 0 Å². The Morgan fingerprint density at radius 2 is 1.71 bits per heavy atom. The lowest BCUT2D eigenvalue weighted by atomic mass is 10.1. The molecule has 0 atom stereocenters. The summed E-state index contributed by atoms with van der Waals surface area (Å²) in [6, 6.07) is 17.7. The van der Waals surface area contributed by atoms with E-state index >= 15 is 0 Å². The maximum Gasteiger partial charge on any atom is 0.244 e. The minimum absolute atomic E-state index is 0.112. The third-order valence-corrected chi connectivity index (χ3v) is 5.51. The van der Waals surface area contributed by atoms with E-state index in [1.807, 2.05) is 42.5 Å². The van der Waals surface area contributed by atoms with Crippen LogP contribution in [0, 0.1) is 0 Å². The summed E-state index contributed by atoms with van der Waals surface area (Å²) in [5.41, 5.74) is 4.55. The summed E-state index contributed by atoms with van der Waals surface area (Å²) >= 11 is 0. The zero-order valence-electron chi connectivity index (χ0n) is 18.6. The van der Waals surface area contributed by atoms with Gasteiger partial charge in [-0.05, 0) is 42.5 Å². The Kier molecular flexibility index (Phi) is 6.44. The van der Waals surface area contributed by atoms with Crippen molar-refractivity contribution in [2.75, 3.05) is 41.8 Å². The highest BCUT2D eigenvalue weighted by molar-refractivity contribution is 5.90. The van der Waals surface area contributed by atoms with Gasteiger partial charge in [0.25, 0.3) is 0 Å². The van der Waals surface area contributed by atoms with E-state index < -0.39 is 0 Å². The normalized spacial score (nSPS) is 13.5. The molecule has 1 saturated heterocycles. The van der Waals surface area contributed by atoms with E-state index in [-0.39, 0.29) is 12.5 Å². The number of carbonyl (C=O) groups excluding carboxylic acids is 1. The summed E-state index contributed by atoms with van der Waals surface area (Å²) in [6.07, 6.45) is 6.74. The summed E-state index contributed by atoms with van der Waals surface area (Å²) in [6.45, 7) is 3.56. The van der Waals surface area contributed by atoms with E-state index in [1.54, 1.807) is 29.5 Å². The SMILES string of the molecule is O=C(Cn1ccnc1)Nc1ccc(-c2ccnc(Nc3ccc(N4CCOCC4)cc3)n2)cc1. The van der Waals surface area contributed by atoms with Crippen LogP contribution in [0.3, 0.4) is 0 Å². The molecule has 9 heteroatoms. The molecule has 2 aromatic heterocycles. The van der Waals surface area contributed by atoms with Crippen molar-refractivity contribution in [3.05, 3.63) is 79.5 Å². The molecule has 0 spiro atoms. The maximum atomic E-state index is 12.2. The molecule has 0 aliphatic carbocycles. The first kappa shape index (κ1) is 21.6. The molecule has 1 aliphatic heterocycles. The van der Waals surface area contributed by atoms with E-state index in [4.69, 9.17) is 4.74 Å². The van der Waals surface area contributed by atoms with E-state index in [2.05, 4.69) is 42.6 Å². The monoisotopic (exact) mass is 455 g/mol. The minimum Gasteiger partial charge on any atom is -0.378 e. The summed E-state index contributed by atoms with van der Waals surface area (Å²) in [5.74, 6) is 0.410. The second-order valence-corrected chi connectivity index (χ2v) is 7.90. The number of carbonyl (C=O) groups is 1. The molecule has 1 aliphatic rings. The van der Waals surface area contributed by atoms with Crippen molar-refractivity contribution in [2.24, 2.45) is 0 Å². The van der Waals surface area contributed by atoms with Crippen molar-refractivity contribution >= 4 is 28.9 Å². The summed E-state index contributed by atoms with van der Waals surface area (Å²) < 4.78 is 7.14. The first-order valence-corrected chi connectivity index (χ1v) is 11.1. The number of ether oxygens (including phenoxy) is 1. The van der Waals surface area contributed by atoms with Crippen molar-refractivity contribution in [3.8, 4) is 11.3 Å². The standard InChI is InChI=1S/C25H25N7O2/c33-24(17-31-12-11-26-18-31)28-20-3-1-19(2-4-20)23-9-10-27-25(30-23)29-21-5-7-22(8-6-21)32-13-15-34-16-14-32/h1-12,18H,13-17H2,(H,28,33)(H,27,29,30). The number of anilines is 4.